The molecule has 0 unspecified atom stereocenters. The summed E-state index contributed by atoms with van der Waals surface area (Å²) in [5.41, 5.74) is 5.67. The van der Waals surface area contributed by atoms with Gasteiger partial charge in [-0.05, 0) is 36.6 Å². The molecule has 0 saturated carbocycles. The molecule has 0 radical (unpaired) electrons. The van der Waals surface area contributed by atoms with Crippen LogP contribution in [0.25, 0.3) is 0 Å². The summed E-state index contributed by atoms with van der Waals surface area (Å²) in [4.78, 5) is 11.5. The highest BCUT2D eigenvalue weighted by Gasteiger charge is 2.17. The number of hydrogen-bond donors (Lipinski definition) is 2. The van der Waals surface area contributed by atoms with Gasteiger partial charge < -0.3 is 15.6 Å². The number of carbonyl (C=O) groups is 1. The zero-order valence-corrected chi connectivity index (χ0v) is 9.51. The van der Waals surface area contributed by atoms with E-state index in [0.717, 1.165) is 0 Å². The third kappa shape index (κ3) is 3.90. The van der Waals surface area contributed by atoms with E-state index in [1.807, 2.05) is 13.8 Å². The average Bonchev–Trinajstić information content (AvgIpc) is 2.20. The molecule has 0 fully saturated rings. The number of phenols is 1. The molecule has 0 aromatic heterocycles. The monoisotopic (exact) mass is 223 g/mol. The molecule has 0 saturated heterocycles. The number of carbonyl (C=O) groups excluding carboxylic acids is 1. The van der Waals surface area contributed by atoms with Crippen LogP contribution < -0.4 is 10.5 Å². The van der Waals surface area contributed by atoms with Gasteiger partial charge in [-0.3, -0.25) is 0 Å². The Balaban J connectivity index is 2.54. The second kappa shape index (κ2) is 5.51. The van der Waals surface area contributed by atoms with Gasteiger partial charge in [0.15, 0.2) is 0 Å². The number of aromatic hydroxyl groups is 1. The Bertz CT molecular complexity index is 346. The topological polar surface area (TPSA) is 72.6 Å². The molecule has 1 rings (SSSR count). The lowest BCUT2D eigenvalue weighted by atomic mass is 10.1. The van der Waals surface area contributed by atoms with Crippen LogP contribution in [0.15, 0.2) is 24.3 Å². The van der Waals surface area contributed by atoms with Crippen molar-refractivity contribution in [2.45, 2.75) is 26.3 Å². The Hall–Kier alpha value is -1.55. The number of hydrogen-bond acceptors (Lipinski definition) is 4. The average molecular weight is 223 g/mol. The molecule has 0 spiro atoms. The molecule has 16 heavy (non-hydrogen) atoms. The lowest BCUT2D eigenvalue weighted by molar-refractivity contribution is -0.136. The summed E-state index contributed by atoms with van der Waals surface area (Å²) in [7, 11) is 0. The highest BCUT2D eigenvalue weighted by atomic mass is 16.5. The highest BCUT2D eigenvalue weighted by Crippen LogP contribution is 2.16. The van der Waals surface area contributed by atoms with Gasteiger partial charge in [0.1, 0.15) is 17.5 Å². The van der Waals surface area contributed by atoms with E-state index in [1.54, 1.807) is 0 Å². The highest BCUT2D eigenvalue weighted by molar-refractivity contribution is 5.77. The second-order valence-corrected chi connectivity index (χ2v) is 4.15. The summed E-state index contributed by atoms with van der Waals surface area (Å²) in [6, 6.07) is 5.35. The normalized spacial score (nSPS) is 12.5. The smallest absolute Gasteiger partial charge is 0.328 e. The van der Waals surface area contributed by atoms with Gasteiger partial charge in [-0.25, -0.2) is 4.79 Å². The minimum absolute atomic E-state index is 0.131. The zero-order chi connectivity index (χ0) is 12.1. The Kier molecular flexibility index (Phi) is 4.31. The van der Waals surface area contributed by atoms with E-state index in [2.05, 4.69) is 0 Å². The molecule has 0 heterocycles. The Labute approximate surface area is 95.0 Å². The maximum Gasteiger partial charge on any atom is 0.328 e. The van der Waals surface area contributed by atoms with E-state index in [-0.39, 0.29) is 5.75 Å². The SMILES string of the molecule is CC(C)C[C@H](N)C(=O)Oc1ccc(O)cc1. The van der Waals surface area contributed by atoms with Crippen molar-refractivity contribution in [2.75, 3.05) is 0 Å². The molecule has 0 aliphatic carbocycles. The molecule has 0 aliphatic heterocycles. The fourth-order valence-electron chi connectivity index (χ4n) is 1.31. The van der Waals surface area contributed by atoms with Crippen LogP contribution in [0.4, 0.5) is 0 Å². The first-order chi connectivity index (χ1) is 7.49. The van der Waals surface area contributed by atoms with Gasteiger partial charge in [-0.2, -0.15) is 0 Å². The lowest BCUT2D eigenvalue weighted by Gasteiger charge is -2.12. The van der Waals surface area contributed by atoms with Gasteiger partial charge in [-0.15, -0.1) is 0 Å². The second-order valence-electron chi connectivity index (χ2n) is 4.15. The van der Waals surface area contributed by atoms with Gasteiger partial charge in [0, 0.05) is 0 Å². The lowest BCUT2D eigenvalue weighted by Crippen LogP contribution is -2.35. The molecule has 88 valence electrons. The van der Waals surface area contributed by atoms with Crippen molar-refractivity contribution < 1.29 is 14.6 Å². The number of nitrogens with two attached hydrogens (primary N) is 1. The third-order valence-electron chi connectivity index (χ3n) is 2.08. The molecule has 3 N–H and O–H groups in total. The summed E-state index contributed by atoms with van der Waals surface area (Å²) in [5.74, 6) is 0.426. The molecule has 1 aromatic rings. The minimum Gasteiger partial charge on any atom is -0.508 e. The van der Waals surface area contributed by atoms with E-state index in [4.69, 9.17) is 15.6 Å². The van der Waals surface area contributed by atoms with Crippen LogP contribution in [-0.2, 0) is 4.79 Å². The first-order valence-corrected chi connectivity index (χ1v) is 5.25. The first-order valence-electron chi connectivity index (χ1n) is 5.25. The summed E-state index contributed by atoms with van der Waals surface area (Å²) in [6.07, 6.45) is 0.594. The quantitative estimate of drug-likeness (QED) is 0.601. The predicted octanol–water partition coefficient (Wildman–Crippen LogP) is 1.67. The number of ether oxygens (including phenoxy) is 1. The molecule has 0 aliphatic rings. The number of rotatable bonds is 4. The van der Waals surface area contributed by atoms with Crippen LogP contribution in [0, 0.1) is 5.92 Å². The summed E-state index contributed by atoms with van der Waals surface area (Å²) in [5, 5.41) is 9.05. The number of esters is 1. The molecule has 4 nitrogen and oxygen atoms in total. The molecule has 0 bridgehead atoms. The number of benzene rings is 1. The summed E-state index contributed by atoms with van der Waals surface area (Å²) < 4.78 is 5.06. The maximum atomic E-state index is 11.5. The van der Waals surface area contributed by atoms with Gasteiger partial charge >= 0.3 is 5.97 Å². The minimum atomic E-state index is -0.603. The summed E-state index contributed by atoms with van der Waals surface area (Å²) >= 11 is 0. The van der Waals surface area contributed by atoms with Crippen LogP contribution in [0.1, 0.15) is 20.3 Å². The van der Waals surface area contributed by atoms with Crippen LogP contribution in [0.2, 0.25) is 0 Å². The fraction of sp³-hybridized carbons (Fsp3) is 0.417. The van der Waals surface area contributed by atoms with Crippen molar-refractivity contribution in [2.24, 2.45) is 11.7 Å². The third-order valence-corrected chi connectivity index (χ3v) is 2.08. The van der Waals surface area contributed by atoms with Crippen molar-refractivity contribution in [3.63, 3.8) is 0 Å². The molecule has 0 amide bonds. The Morgan fingerprint density at radius 3 is 2.44 bits per heavy atom. The molecule has 1 atom stereocenters. The van der Waals surface area contributed by atoms with Crippen molar-refractivity contribution >= 4 is 5.97 Å². The molecular formula is C12H17NO3. The van der Waals surface area contributed by atoms with Crippen LogP contribution in [-0.4, -0.2) is 17.1 Å². The van der Waals surface area contributed by atoms with Gasteiger partial charge in [0.05, 0.1) is 0 Å². The van der Waals surface area contributed by atoms with Crippen molar-refractivity contribution in [1.29, 1.82) is 0 Å². The van der Waals surface area contributed by atoms with E-state index in [9.17, 15) is 4.79 Å². The molecular weight excluding hydrogens is 206 g/mol. The van der Waals surface area contributed by atoms with E-state index in [0.29, 0.717) is 18.1 Å². The van der Waals surface area contributed by atoms with E-state index >= 15 is 0 Å². The van der Waals surface area contributed by atoms with Gasteiger partial charge in [0.25, 0.3) is 0 Å². The van der Waals surface area contributed by atoms with Crippen molar-refractivity contribution in [1.82, 2.24) is 0 Å². The van der Waals surface area contributed by atoms with Crippen molar-refractivity contribution in [3.05, 3.63) is 24.3 Å². The summed E-state index contributed by atoms with van der Waals surface area (Å²) in [6.45, 7) is 3.99. The predicted molar refractivity (Wildman–Crippen MR) is 61.2 cm³/mol. The van der Waals surface area contributed by atoms with E-state index in [1.165, 1.54) is 24.3 Å². The van der Waals surface area contributed by atoms with Gasteiger partial charge in [0.2, 0.25) is 0 Å². The van der Waals surface area contributed by atoms with E-state index < -0.39 is 12.0 Å². The maximum absolute atomic E-state index is 11.5. The Morgan fingerprint density at radius 1 is 1.38 bits per heavy atom. The fourth-order valence-corrected chi connectivity index (χ4v) is 1.31. The molecule has 4 heteroatoms. The van der Waals surface area contributed by atoms with Crippen LogP contribution in [0.5, 0.6) is 11.5 Å². The largest absolute Gasteiger partial charge is 0.508 e. The van der Waals surface area contributed by atoms with Gasteiger partial charge in [-0.1, -0.05) is 13.8 Å². The number of phenolic OH excluding ortho intramolecular Hbond substituents is 1. The Morgan fingerprint density at radius 2 is 1.94 bits per heavy atom. The van der Waals surface area contributed by atoms with Crippen LogP contribution in [0.3, 0.4) is 0 Å². The standard InChI is InChI=1S/C12H17NO3/c1-8(2)7-11(13)12(15)16-10-5-3-9(14)4-6-10/h3-6,8,11,14H,7,13H2,1-2H3/t11-/m0/s1. The zero-order valence-electron chi connectivity index (χ0n) is 9.51. The molecule has 1 aromatic carbocycles. The first kappa shape index (κ1) is 12.5. The van der Waals surface area contributed by atoms with Crippen molar-refractivity contribution in [3.8, 4) is 11.5 Å². The van der Waals surface area contributed by atoms with Crippen LogP contribution >= 0.6 is 0 Å².